The van der Waals surface area contributed by atoms with Gasteiger partial charge in [0.2, 0.25) is 0 Å². The quantitative estimate of drug-likeness (QED) is 0.177. The molecule has 234 valence electrons. The van der Waals surface area contributed by atoms with Crippen LogP contribution in [0.15, 0.2) is 182 Å². The molecule has 1 aliphatic carbocycles. The maximum Gasteiger partial charge on any atom is 0.124 e. The lowest BCUT2D eigenvalue weighted by molar-refractivity contribution is 1.30. The van der Waals surface area contributed by atoms with E-state index in [4.69, 9.17) is 4.98 Å². The van der Waals surface area contributed by atoms with E-state index in [0.717, 1.165) is 33.3 Å². The molecule has 0 saturated carbocycles. The molecule has 1 aliphatic rings. The fraction of sp³-hybridized carbons (Fsp3) is 0. The van der Waals surface area contributed by atoms with Gasteiger partial charge in [-0.1, -0.05) is 146 Å². The maximum absolute atomic E-state index is 5.20. The average molecular weight is 655 g/mol. The molecule has 0 unspecified atom stereocenters. The zero-order valence-corrected chi connectivity index (χ0v) is 27.9. The normalized spacial score (nSPS) is 11.6. The second-order valence-electron chi connectivity index (χ2n) is 12.8. The Labute approximate surface area is 295 Å². The van der Waals surface area contributed by atoms with Crippen molar-refractivity contribution >= 4 is 49.9 Å². The van der Waals surface area contributed by atoms with E-state index < -0.39 is 0 Å². The van der Waals surface area contributed by atoms with Gasteiger partial charge in [-0.3, -0.25) is 0 Å². The summed E-state index contributed by atoms with van der Waals surface area (Å²) < 4.78 is 0. The van der Waals surface area contributed by atoms with Crippen LogP contribution < -0.4 is 4.90 Å². The van der Waals surface area contributed by atoms with E-state index in [1.54, 1.807) is 11.3 Å². The van der Waals surface area contributed by atoms with E-state index in [9.17, 15) is 0 Å². The molecule has 1 aromatic heterocycles. The lowest BCUT2D eigenvalue weighted by Gasteiger charge is -2.28. The summed E-state index contributed by atoms with van der Waals surface area (Å²) in [6, 6.07) is 65.6. The topological polar surface area (TPSA) is 16.1 Å². The zero-order valence-electron chi connectivity index (χ0n) is 27.1. The Balaban J connectivity index is 1.13. The van der Waals surface area contributed by atoms with E-state index in [2.05, 4.69) is 187 Å². The first kappa shape index (κ1) is 28.7. The summed E-state index contributed by atoms with van der Waals surface area (Å²) in [5, 5.41) is 5.99. The molecule has 2 nitrogen and oxygen atoms in total. The summed E-state index contributed by atoms with van der Waals surface area (Å²) in [5.41, 5.74) is 13.0. The predicted octanol–water partition coefficient (Wildman–Crippen LogP) is 13.6. The third-order valence-corrected chi connectivity index (χ3v) is 11.0. The minimum absolute atomic E-state index is 1.06. The highest BCUT2D eigenvalue weighted by Gasteiger charge is 2.28. The summed E-state index contributed by atoms with van der Waals surface area (Å²) >= 11 is 1.79. The van der Waals surface area contributed by atoms with Crippen molar-refractivity contribution in [2.45, 2.75) is 0 Å². The fourth-order valence-corrected chi connectivity index (χ4v) is 8.52. The van der Waals surface area contributed by atoms with Crippen LogP contribution in [-0.4, -0.2) is 4.98 Å². The Morgan fingerprint density at radius 3 is 1.76 bits per heavy atom. The van der Waals surface area contributed by atoms with Crippen LogP contribution in [0.25, 0.3) is 76.1 Å². The van der Waals surface area contributed by atoms with Crippen LogP contribution in [0.4, 0.5) is 17.1 Å². The second-order valence-corrected chi connectivity index (χ2v) is 13.8. The monoisotopic (exact) mass is 654 g/mol. The first-order chi connectivity index (χ1) is 24.8. The van der Waals surface area contributed by atoms with Gasteiger partial charge in [0.1, 0.15) is 5.01 Å². The minimum Gasteiger partial charge on any atom is -0.310 e. The number of anilines is 3. The van der Waals surface area contributed by atoms with Gasteiger partial charge in [-0.05, 0) is 69.4 Å². The SMILES string of the molecule is c1ccc(-c2ccc(N(c3ccc4cc(-c5ccccc5)ccc4c3)c3ccc4c5c(cccc35)-c3nc(-c5ccccc5)sc3-4)cc2)cc1. The van der Waals surface area contributed by atoms with E-state index >= 15 is 0 Å². The molecule has 0 bridgehead atoms. The van der Waals surface area contributed by atoms with E-state index in [1.807, 2.05) is 0 Å². The number of hydrogen-bond donors (Lipinski definition) is 0. The summed E-state index contributed by atoms with van der Waals surface area (Å²) in [6.07, 6.45) is 0. The number of rotatable bonds is 6. The number of nitrogens with zero attached hydrogens (tertiary/aromatic N) is 2. The Kier molecular flexibility index (Phi) is 6.71. The molecule has 0 spiro atoms. The maximum atomic E-state index is 5.20. The Hall–Kier alpha value is -6.29. The van der Waals surface area contributed by atoms with Crippen molar-refractivity contribution in [3.8, 4) is 54.5 Å². The van der Waals surface area contributed by atoms with Crippen LogP contribution in [0.1, 0.15) is 0 Å². The first-order valence-corrected chi connectivity index (χ1v) is 17.8. The van der Waals surface area contributed by atoms with Gasteiger partial charge in [0.25, 0.3) is 0 Å². The van der Waals surface area contributed by atoms with Gasteiger partial charge in [-0.15, -0.1) is 11.3 Å². The highest BCUT2D eigenvalue weighted by Crippen LogP contribution is 2.54. The largest absolute Gasteiger partial charge is 0.310 e. The Morgan fingerprint density at radius 2 is 1.02 bits per heavy atom. The van der Waals surface area contributed by atoms with Crippen molar-refractivity contribution in [3.63, 3.8) is 0 Å². The highest BCUT2D eigenvalue weighted by atomic mass is 32.1. The molecule has 0 saturated heterocycles. The van der Waals surface area contributed by atoms with Crippen LogP contribution in [0.2, 0.25) is 0 Å². The van der Waals surface area contributed by atoms with Crippen molar-refractivity contribution in [2.75, 3.05) is 4.90 Å². The van der Waals surface area contributed by atoms with Gasteiger partial charge in [-0.2, -0.15) is 0 Å². The molecule has 50 heavy (non-hydrogen) atoms. The molecule has 3 heteroatoms. The lowest BCUT2D eigenvalue weighted by Crippen LogP contribution is -2.10. The van der Waals surface area contributed by atoms with Crippen molar-refractivity contribution in [2.24, 2.45) is 0 Å². The predicted molar refractivity (Wildman–Crippen MR) is 213 cm³/mol. The fourth-order valence-electron chi connectivity index (χ4n) is 7.41. The molecule has 8 aromatic carbocycles. The zero-order chi connectivity index (χ0) is 33.0. The number of hydrogen-bond acceptors (Lipinski definition) is 3. The number of fused-ring (bicyclic) bond motifs is 4. The van der Waals surface area contributed by atoms with Gasteiger partial charge in [-0.25, -0.2) is 4.98 Å². The van der Waals surface area contributed by atoms with Crippen molar-refractivity contribution in [3.05, 3.63) is 182 Å². The standard InChI is InChI=1S/C47H30N2S/c1-4-11-31(12-5-1)33-21-24-38(25-22-33)49(39-26-23-36-29-35(19-20-37(36)30-39)32-13-6-2-7-14-32)43-28-27-42-44-40(43)17-10-18-41(44)45-46(42)50-47(48-45)34-15-8-3-9-16-34/h1-30H. The molecule has 1 heterocycles. The van der Waals surface area contributed by atoms with Gasteiger partial charge in [0.15, 0.2) is 0 Å². The van der Waals surface area contributed by atoms with Gasteiger partial charge >= 0.3 is 0 Å². The van der Waals surface area contributed by atoms with E-state index in [0.29, 0.717) is 0 Å². The molecular weight excluding hydrogens is 625 g/mol. The Morgan fingerprint density at radius 1 is 0.420 bits per heavy atom. The van der Waals surface area contributed by atoms with Crippen molar-refractivity contribution in [1.29, 1.82) is 0 Å². The molecule has 0 amide bonds. The Bertz CT molecular complexity index is 2650. The van der Waals surface area contributed by atoms with Crippen LogP contribution >= 0.6 is 11.3 Å². The first-order valence-electron chi connectivity index (χ1n) is 17.0. The molecule has 10 rings (SSSR count). The second kappa shape index (κ2) is 11.7. The van der Waals surface area contributed by atoms with Crippen LogP contribution in [-0.2, 0) is 0 Å². The third kappa shape index (κ3) is 4.74. The van der Waals surface area contributed by atoms with E-state index in [-0.39, 0.29) is 0 Å². The van der Waals surface area contributed by atoms with Gasteiger partial charge < -0.3 is 4.90 Å². The summed E-state index contributed by atoms with van der Waals surface area (Å²) in [5.74, 6) is 0. The summed E-state index contributed by atoms with van der Waals surface area (Å²) in [4.78, 5) is 8.86. The number of aromatic nitrogens is 1. The van der Waals surface area contributed by atoms with Crippen LogP contribution in [0.3, 0.4) is 0 Å². The average Bonchev–Trinajstić information content (AvgIpc) is 3.76. The summed E-state index contributed by atoms with van der Waals surface area (Å²) in [6.45, 7) is 0. The van der Waals surface area contributed by atoms with Crippen LogP contribution in [0, 0.1) is 0 Å². The lowest BCUT2D eigenvalue weighted by atomic mass is 9.99. The molecule has 0 atom stereocenters. The molecule has 0 N–H and O–H groups in total. The van der Waals surface area contributed by atoms with Crippen LogP contribution in [0.5, 0.6) is 0 Å². The molecule has 0 radical (unpaired) electrons. The smallest absolute Gasteiger partial charge is 0.124 e. The van der Waals surface area contributed by atoms with Gasteiger partial charge in [0, 0.05) is 38.8 Å². The minimum atomic E-state index is 1.06. The highest BCUT2D eigenvalue weighted by molar-refractivity contribution is 7.19. The molecule has 9 aromatic rings. The number of thiazole rings is 1. The van der Waals surface area contributed by atoms with Crippen molar-refractivity contribution in [1.82, 2.24) is 4.98 Å². The van der Waals surface area contributed by atoms with Gasteiger partial charge in [0.05, 0.1) is 16.3 Å². The molecular formula is C47H30N2S. The van der Waals surface area contributed by atoms with Crippen molar-refractivity contribution < 1.29 is 0 Å². The third-order valence-electron chi connectivity index (χ3n) is 9.83. The molecule has 0 aliphatic heterocycles. The number of benzene rings is 8. The molecule has 0 fully saturated rings. The van der Waals surface area contributed by atoms with E-state index in [1.165, 1.54) is 59.8 Å². The summed E-state index contributed by atoms with van der Waals surface area (Å²) in [7, 11) is 0.